The Morgan fingerprint density at radius 2 is 0.907 bits per heavy atom. The van der Waals surface area contributed by atoms with Gasteiger partial charge in [-0.3, -0.25) is 34.2 Å². The highest BCUT2D eigenvalue weighted by atomic mass is 16.4. The zero-order chi connectivity index (χ0) is 32.9. The van der Waals surface area contributed by atoms with E-state index >= 15 is 0 Å². The molecule has 0 fully saturated rings. The van der Waals surface area contributed by atoms with Crippen molar-refractivity contribution in [3.8, 4) is 0 Å². The summed E-state index contributed by atoms with van der Waals surface area (Å²) in [5, 5.41) is 17.1. The molecule has 0 saturated carbocycles. The fourth-order valence-corrected chi connectivity index (χ4v) is 3.56. The highest BCUT2D eigenvalue weighted by Crippen LogP contribution is 2.07. The number of hydrogen-bond acceptors (Lipinski definition) is 9. The second-order valence-electron chi connectivity index (χ2n) is 9.48. The number of aliphatic carboxylic acids is 1. The summed E-state index contributed by atoms with van der Waals surface area (Å²) in [5.74, 6) is -4.75. The minimum absolute atomic E-state index is 0.000808. The molecular formula is C23H46N14O6. The van der Waals surface area contributed by atoms with E-state index in [-0.39, 0.29) is 88.9 Å². The maximum atomic E-state index is 13.3. The van der Waals surface area contributed by atoms with Crippen molar-refractivity contribution in [2.24, 2.45) is 60.8 Å². The number of guanidine groups is 3. The molecule has 0 spiro atoms. The number of hydrogen-bond donors (Lipinski definition) is 12. The third-order valence-electron chi connectivity index (χ3n) is 5.75. The SMILES string of the molecule is NC(=O)CC[C@H](N)C(=O)N[C@@H](CCCN=C(N)N)C(=O)N[C@@H](CCCN=C(N)N)C(=O)N[C@@H](CCCN=C(N)N)C(=O)O. The molecule has 0 bridgehead atoms. The Bertz CT molecular complexity index is 1020. The summed E-state index contributed by atoms with van der Waals surface area (Å²) in [5.41, 5.74) is 42.8. The van der Waals surface area contributed by atoms with Crippen molar-refractivity contribution in [3.05, 3.63) is 0 Å². The average Bonchev–Trinajstić information content (AvgIpc) is 2.91. The van der Waals surface area contributed by atoms with Gasteiger partial charge >= 0.3 is 5.97 Å². The molecule has 20 N–H and O–H groups in total. The minimum Gasteiger partial charge on any atom is -0.480 e. The van der Waals surface area contributed by atoms with E-state index in [4.69, 9.17) is 45.9 Å². The van der Waals surface area contributed by atoms with Crippen molar-refractivity contribution in [2.75, 3.05) is 19.6 Å². The first kappa shape index (κ1) is 38.1. The van der Waals surface area contributed by atoms with Crippen LogP contribution in [0.5, 0.6) is 0 Å². The van der Waals surface area contributed by atoms with E-state index in [1.807, 2.05) is 0 Å². The number of rotatable bonds is 22. The first-order chi connectivity index (χ1) is 20.1. The lowest BCUT2D eigenvalue weighted by Gasteiger charge is -2.25. The molecular weight excluding hydrogens is 568 g/mol. The molecule has 0 radical (unpaired) electrons. The van der Waals surface area contributed by atoms with Crippen LogP contribution in [0.4, 0.5) is 0 Å². The predicted octanol–water partition coefficient (Wildman–Crippen LogP) is -5.72. The van der Waals surface area contributed by atoms with E-state index in [2.05, 4.69) is 30.9 Å². The number of nitrogens with zero attached hydrogens (tertiary/aromatic N) is 3. The van der Waals surface area contributed by atoms with E-state index in [9.17, 15) is 29.1 Å². The van der Waals surface area contributed by atoms with E-state index in [0.29, 0.717) is 0 Å². The lowest BCUT2D eigenvalue weighted by molar-refractivity contribution is -0.142. The summed E-state index contributed by atoms with van der Waals surface area (Å²) >= 11 is 0. The molecule has 0 heterocycles. The fourth-order valence-electron chi connectivity index (χ4n) is 3.56. The minimum atomic E-state index is -1.31. The number of carboxylic acid groups (broad SMARTS) is 1. The van der Waals surface area contributed by atoms with Crippen molar-refractivity contribution < 1.29 is 29.1 Å². The number of nitrogens with two attached hydrogens (primary N) is 8. The zero-order valence-electron chi connectivity index (χ0n) is 24.0. The van der Waals surface area contributed by atoms with Gasteiger partial charge in [-0.05, 0) is 44.9 Å². The van der Waals surface area contributed by atoms with Crippen molar-refractivity contribution in [1.82, 2.24) is 16.0 Å². The van der Waals surface area contributed by atoms with Gasteiger partial charge in [0.15, 0.2) is 17.9 Å². The van der Waals surface area contributed by atoms with Gasteiger partial charge in [-0.25, -0.2) is 4.79 Å². The van der Waals surface area contributed by atoms with Crippen molar-refractivity contribution in [3.63, 3.8) is 0 Å². The van der Waals surface area contributed by atoms with Gasteiger partial charge in [0.2, 0.25) is 23.6 Å². The maximum absolute atomic E-state index is 13.3. The monoisotopic (exact) mass is 614 g/mol. The van der Waals surface area contributed by atoms with Crippen molar-refractivity contribution in [1.29, 1.82) is 0 Å². The summed E-state index contributed by atoms with van der Waals surface area (Å²) in [7, 11) is 0. The Hall–Kier alpha value is -4.88. The second kappa shape index (κ2) is 20.9. The van der Waals surface area contributed by atoms with Gasteiger partial charge in [-0.2, -0.15) is 0 Å². The van der Waals surface area contributed by atoms with E-state index in [1.54, 1.807) is 0 Å². The molecule has 4 amide bonds. The van der Waals surface area contributed by atoms with Crippen molar-refractivity contribution in [2.45, 2.75) is 75.5 Å². The van der Waals surface area contributed by atoms with Gasteiger partial charge in [-0.15, -0.1) is 0 Å². The first-order valence-corrected chi connectivity index (χ1v) is 13.5. The van der Waals surface area contributed by atoms with Crippen molar-refractivity contribution >= 4 is 47.5 Å². The predicted molar refractivity (Wildman–Crippen MR) is 160 cm³/mol. The average molecular weight is 615 g/mol. The summed E-state index contributed by atoms with van der Waals surface area (Å²) in [4.78, 5) is 73.4. The topological polar surface area (TPSA) is 387 Å². The Balaban J connectivity index is 5.80. The summed E-state index contributed by atoms with van der Waals surface area (Å²) in [6, 6.07) is -4.88. The van der Waals surface area contributed by atoms with Crippen LogP contribution in [0, 0.1) is 0 Å². The Kier molecular flexibility index (Phi) is 18.5. The fraction of sp³-hybridized carbons (Fsp3) is 0.652. The van der Waals surface area contributed by atoms with Crippen LogP contribution in [-0.2, 0) is 24.0 Å². The molecule has 0 aromatic carbocycles. The van der Waals surface area contributed by atoms with Crippen LogP contribution in [-0.4, -0.2) is 96.4 Å². The number of carbonyl (C=O) groups is 5. The van der Waals surface area contributed by atoms with Gasteiger partial charge in [-0.1, -0.05) is 0 Å². The van der Waals surface area contributed by atoms with Gasteiger partial charge in [0.1, 0.15) is 18.1 Å². The number of nitrogens with one attached hydrogen (secondary N) is 3. The zero-order valence-corrected chi connectivity index (χ0v) is 24.0. The molecule has 0 aliphatic carbocycles. The number of amides is 4. The number of carbonyl (C=O) groups excluding carboxylic acids is 4. The highest BCUT2D eigenvalue weighted by molar-refractivity contribution is 5.94. The third-order valence-corrected chi connectivity index (χ3v) is 5.75. The molecule has 20 heteroatoms. The Morgan fingerprint density at radius 3 is 1.26 bits per heavy atom. The van der Waals surface area contributed by atoms with Crippen LogP contribution < -0.4 is 61.8 Å². The molecule has 0 saturated heterocycles. The molecule has 0 aliphatic rings. The summed E-state index contributed by atoms with van der Waals surface area (Å²) in [6.45, 7) is 0.401. The summed E-state index contributed by atoms with van der Waals surface area (Å²) < 4.78 is 0. The van der Waals surface area contributed by atoms with Crippen LogP contribution in [0.2, 0.25) is 0 Å². The molecule has 0 aromatic rings. The molecule has 4 atom stereocenters. The molecule has 43 heavy (non-hydrogen) atoms. The van der Waals surface area contributed by atoms with Crippen LogP contribution in [0.15, 0.2) is 15.0 Å². The largest absolute Gasteiger partial charge is 0.480 e. The smallest absolute Gasteiger partial charge is 0.326 e. The standard InChI is InChI=1S/C23H46N14O6/c24-12(7-8-16(25)38)17(39)35-13(4-1-9-32-21(26)27)18(40)36-14(5-2-10-33-22(28)29)19(41)37-15(20(42)43)6-3-11-34-23(30)31/h12-15H,1-11,24H2,(H2,25,38)(H,35,39)(H,36,40)(H,37,41)(H,42,43)(H4,26,27,32)(H4,28,29,33)(H4,30,31,34)/t12-,13-,14-,15-/m0/s1. The third kappa shape index (κ3) is 19.0. The molecule has 0 aliphatic heterocycles. The summed E-state index contributed by atoms with van der Waals surface area (Å²) in [6.07, 6.45) is 0.589. The maximum Gasteiger partial charge on any atom is 0.326 e. The lowest BCUT2D eigenvalue weighted by atomic mass is 10.0. The molecule has 0 aromatic heterocycles. The molecule has 20 nitrogen and oxygen atoms in total. The van der Waals surface area contributed by atoms with E-state index in [1.165, 1.54) is 0 Å². The number of aliphatic imine (C=N–C) groups is 3. The first-order valence-electron chi connectivity index (χ1n) is 13.5. The number of primary amides is 1. The lowest BCUT2D eigenvalue weighted by Crippen LogP contribution is -2.57. The van der Waals surface area contributed by atoms with Gasteiger partial charge in [0.05, 0.1) is 6.04 Å². The molecule has 0 unspecified atom stereocenters. The van der Waals surface area contributed by atoms with Gasteiger partial charge in [0, 0.05) is 26.1 Å². The van der Waals surface area contributed by atoms with Crippen LogP contribution in [0.1, 0.15) is 51.4 Å². The molecule has 244 valence electrons. The van der Waals surface area contributed by atoms with Gasteiger partial charge < -0.3 is 66.9 Å². The van der Waals surface area contributed by atoms with Crippen LogP contribution in [0.25, 0.3) is 0 Å². The molecule has 0 rings (SSSR count). The van der Waals surface area contributed by atoms with Crippen LogP contribution >= 0.6 is 0 Å². The second-order valence-corrected chi connectivity index (χ2v) is 9.48. The van der Waals surface area contributed by atoms with E-state index in [0.717, 1.165) is 0 Å². The Morgan fingerprint density at radius 1 is 0.558 bits per heavy atom. The van der Waals surface area contributed by atoms with Gasteiger partial charge in [0.25, 0.3) is 0 Å². The highest BCUT2D eigenvalue weighted by Gasteiger charge is 2.30. The number of carboxylic acids is 1. The normalized spacial score (nSPS) is 13.2. The quantitative estimate of drug-likeness (QED) is 0.0307. The van der Waals surface area contributed by atoms with E-state index < -0.39 is 53.8 Å². The van der Waals surface area contributed by atoms with Crippen LogP contribution in [0.3, 0.4) is 0 Å². The Labute approximate surface area is 248 Å².